The van der Waals surface area contributed by atoms with E-state index < -0.39 is 0 Å². The lowest BCUT2D eigenvalue weighted by Gasteiger charge is -2.38. The largest absolute Gasteiger partial charge is 0.507 e. The lowest BCUT2D eigenvalue weighted by atomic mass is 9.85. The maximum absolute atomic E-state index is 13.1. The summed E-state index contributed by atoms with van der Waals surface area (Å²) >= 11 is 0. The summed E-state index contributed by atoms with van der Waals surface area (Å²) < 4.78 is 0. The first kappa shape index (κ1) is 23.6. The number of aryl methyl sites for hydroxylation is 5. The molecule has 1 heterocycles. The van der Waals surface area contributed by atoms with Crippen LogP contribution in [0.4, 0.5) is 5.69 Å². The van der Waals surface area contributed by atoms with Crippen LogP contribution in [-0.2, 0) is 11.2 Å². The number of carbonyl (C=O) groups excluding carboxylic acids is 1. The summed E-state index contributed by atoms with van der Waals surface area (Å²) in [6.07, 6.45) is 0.862. The van der Waals surface area contributed by atoms with Crippen LogP contribution in [0.1, 0.15) is 58.8 Å². The van der Waals surface area contributed by atoms with Gasteiger partial charge >= 0.3 is 0 Å². The number of phenolic OH excluding ortho intramolecular Hbond substituents is 1. The van der Waals surface area contributed by atoms with Crippen molar-refractivity contribution in [3.8, 4) is 5.75 Å². The van der Waals surface area contributed by atoms with E-state index in [2.05, 4.69) is 68.8 Å². The Morgan fingerprint density at radius 3 is 2.18 bits per heavy atom. The Labute approximate surface area is 198 Å². The number of rotatable bonds is 4. The number of hydrogen-bond acceptors (Lipinski definition) is 4. The second-order valence-corrected chi connectivity index (χ2v) is 10.9. The molecule has 1 atom stereocenters. The van der Waals surface area contributed by atoms with Crippen LogP contribution in [0.15, 0.2) is 18.2 Å². The molecule has 0 radical (unpaired) electrons. The van der Waals surface area contributed by atoms with Crippen LogP contribution in [0.3, 0.4) is 0 Å². The van der Waals surface area contributed by atoms with Gasteiger partial charge in [-0.1, -0.05) is 37.6 Å². The van der Waals surface area contributed by atoms with E-state index in [1.807, 2.05) is 13.0 Å². The number of phenols is 1. The Hall–Kier alpha value is -2.53. The number of nitrogens with zero attached hydrogens (tertiary/aromatic N) is 2. The molecule has 2 aromatic carbocycles. The summed E-state index contributed by atoms with van der Waals surface area (Å²) in [7, 11) is 0. The van der Waals surface area contributed by atoms with Crippen molar-refractivity contribution in [1.29, 1.82) is 0 Å². The minimum atomic E-state index is -0.169. The number of nitrogens with one attached hydrogen (secondary N) is 1. The molecule has 1 aliphatic carbocycles. The van der Waals surface area contributed by atoms with Gasteiger partial charge in [-0.3, -0.25) is 9.69 Å². The van der Waals surface area contributed by atoms with Gasteiger partial charge in [0.25, 0.3) is 0 Å². The zero-order valence-corrected chi connectivity index (χ0v) is 21.3. The first-order chi connectivity index (χ1) is 15.5. The zero-order chi connectivity index (χ0) is 24.1. The molecule has 4 rings (SSSR count). The third kappa shape index (κ3) is 4.48. The molecule has 0 spiro atoms. The van der Waals surface area contributed by atoms with Crippen LogP contribution in [0.25, 0.3) is 0 Å². The number of piperazine rings is 1. The van der Waals surface area contributed by atoms with E-state index >= 15 is 0 Å². The van der Waals surface area contributed by atoms with Crippen molar-refractivity contribution in [2.24, 2.45) is 5.41 Å². The molecule has 5 nitrogen and oxygen atoms in total. The Kier molecular flexibility index (Phi) is 6.21. The molecule has 2 N–H and O–H groups in total. The summed E-state index contributed by atoms with van der Waals surface area (Å²) in [5.74, 6) is 0.375. The van der Waals surface area contributed by atoms with Crippen LogP contribution in [0.2, 0.25) is 0 Å². The quantitative estimate of drug-likeness (QED) is 0.722. The van der Waals surface area contributed by atoms with E-state index in [9.17, 15) is 9.90 Å². The van der Waals surface area contributed by atoms with Crippen molar-refractivity contribution in [2.45, 2.75) is 60.9 Å². The van der Waals surface area contributed by atoms with Crippen LogP contribution < -0.4 is 10.2 Å². The smallest absolute Gasteiger partial charge is 0.234 e. The number of amides is 1. The summed E-state index contributed by atoms with van der Waals surface area (Å²) in [5, 5.41) is 14.1. The maximum atomic E-state index is 13.1. The van der Waals surface area contributed by atoms with E-state index in [0.29, 0.717) is 12.3 Å². The molecule has 5 heteroatoms. The molecule has 0 saturated carbocycles. The average Bonchev–Trinajstić information content (AvgIpc) is 2.98. The number of aromatic hydroxyl groups is 1. The standard InChI is InChI=1S/C28H39N3O2/c1-17-12-19(3)25(20(4)13-17)31-10-8-30(9-11-31)16-23(32)29-27-24-22(15-28(27,6)7)18(2)14-21(5)26(24)33/h12-14,27,33H,8-11,15-16H2,1-7H3,(H,29,32). The van der Waals surface area contributed by atoms with Crippen molar-refractivity contribution < 1.29 is 9.90 Å². The highest BCUT2D eigenvalue weighted by molar-refractivity contribution is 5.79. The van der Waals surface area contributed by atoms with Gasteiger partial charge in [0.05, 0.1) is 12.6 Å². The lowest BCUT2D eigenvalue weighted by Crippen LogP contribution is -2.50. The Morgan fingerprint density at radius 2 is 1.58 bits per heavy atom. The Bertz CT molecular complexity index is 1060. The first-order valence-corrected chi connectivity index (χ1v) is 12.1. The minimum Gasteiger partial charge on any atom is -0.507 e. The fourth-order valence-electron chi connectivity index (χ4n) is 6.02. The Morgan fingerprint density at radius 1 is 0.970 bits per heavy atom. The van der Waals surface area contributed by atoms with E-state index in [1.54, 1.807) is 0 Å². The number of benzene rings is 2. The summed E-state index contributed by atoms with van der Waals surface area (Å²) in [4.78, 5) is 17.8. The molecule has 178 valence electrons. The number of hydrogen-bond donors (Lipinski definition) is 2. The fraction of sp³-hybridized carbons (Fsp3) is 0.536. The van der Waals surface area contributed by atoms with Gasteiger partial charge in [0.15, 0.2) is 0 Å². The molecule has 33 heavy (non-hydrogen) atoms. The summed E-state index contributed by atoms with van der Waals surface area (Å²) in [5.41, 5.74) is 9.34. The van der Waals surface area contributed by atoms with Crippen molar-refractivity contribution in [1.82, 2.24) is 10.2 Å². The second-order valence-electron chi connectivity index (χ2n) is 10.9. The molecular weight excluding hydrogens is 410 g/mol. The molecular formula is C28H39N3O2. The number of fused-ring (bicyclic) bond motifs is 1. The number of carbonyl (C=O) groups is 1. The third-order valence-corrected chi connectivity index (χ3v) is 7.56. The van der Waals surface area contributed by atoms with Crippen molar-refractivity contribution in [3.63, 3.8) is 0 Å². The van der Waals surface area contributed by atoms with Crippen molar-refractivity contribution in [2.75, 3.05) is 37.6 Å². The molecule has 1 amide bonds. The van der Waals surface area contributed by atoms with Gasteiger partial charge in [-0.2, -0.15) is 0 Å². The van der Waals surface area contributed by atoms with Gasteiger partial charge in [0.2, 0.25) is 5.91 Å². The van der Waals surface area contributed by atoms with Gasteiger partial charge < -0.3 is 15.3 Å². The van der Waals surface area contributed by atoms with Gasteiger partial charge in [-0.25, -0.2) is 0 Å². The number of anilines is 1. The molecule has 0 bridgehead atoms. The van der Waals surface area contributed by atoms with Gasteiger partial charge in [-0.05, 0) is 74.3 Å². The predicted octanol–water partition coefficient (Wildman–Crippen LogP) is 4.50. The van der Waals surface area contributed by atoms with Gasteiger partial charge in [-0.15, -0.1) is 0 Å². The summed E-state index contributed by atoms with van der Waals surface area (Å²) in [6.45, 7) is 18.9. The highest BCUT2D eigenvalue weighted by Gasteiger charge is 2.43. The molecule has 1 saturated heterocycles. The molecule has 2 aliphatic rings. The van der Waals surface area contributed by atoms with Crippen LogP contribution >= 0.6 is 0 Å². The van der Waals surface area contributed by atoms with E-state index in [4.69, 9.17) is 0 Å². The average molecular weight is 450 g/mol. The van der Waals surface area contributed by atoms with E-state index in [0.717, 1.165) is 43.7 Å². The SMILES string of the molecule is Cc1cc(C)c(N2CCN(CC(=O)NC3c4c(O)c(C)cc(C)c4CC3(C)C)CC2)c(C)c1. The highest BCUT2D eigenvalue weighted by Crippen LogP contribution is 2.50. The fourth-order valence-corrected chi connectivity index (χ4v) is 6.02. The normalized spacial score (nSPS) is 20.1. The highest BCUT2D eigenvalue weighted by atomic mass is 16.3. The minimum absolute atomic E-state index is 0.0376. The van der Waals surface area contributed by atoms with Crippen LogP contribution in [0, 0.1) is 40.0 Å². The molecule has 2 aromatic rings. The zero-order valence-electron chi connectivity index (χ0n) is 21.3. The molecule has 1 aliphatic heterocycles. The lowest BCUT2D eigenvalue weighted by molar-refractivity contribution is -0.123. The van der Waals surface area contributed by atoms with Crippen molar-refractivity contribution >= 4 is 11.6 Å². The van der Waals surface area contributed by atoms with Crippen LogP contribution in [0.5, 0.6) is 5.75 Å². The first-order valence-electron chi connectivity index (χ1n) is 12.1. The summed E-state index contributed by atoms with van der Waals surface area (Å²) in [6, 6.07) is 6.38. The molecule has 1 unspecified atom stereocenters. The Balaban J connectivity index is 1.41. The molecule has 0 aromatic heterocycles. The molecule has 1 fully saturated rings. The predicted molar refractivity (Wildman–Crippen MR) is 135 cm³/mol. The van der Waals surface area contributed by atoms with Crippen LogP contribution in [-0.4, -0.2) is 48.6 Å². The third-order valence-electron chi connectivity index (χ3n) is 7.56. The van der Waals surface area contributed by atoms with Crippen molar-refractivity contribution in [3.05, 3.63) is 57.1 Å². The van der Waals surface area contributed by atoms with Gasteiger partial charge in [0.1, 0.15) is 5.75 Å². The van der Waals surface area contributed by atoms with Gasteiger partial charge in [0, 0.05) is 37.4 Å². The maximum Gasteiger partial charge on any atom is 0.234 e. The topological polar surface area (TPSA) is 55.8 Å². The van der Waals surface area contributed by atoms with E-state index in [1.165, 1.54) is 33.5 Å². The second kappa shape index (κ2) is 8.68. The van der Waals surface area contributed by atoms with E-state index in [-0.39, 0.29) is 17.4 Å². The monoisotopic (exact) mass is 449 g/mol.